The number of carbonyl (C=O) groups excluding carboxylic acids is 1. The number of amides is 1. The summed E-state index contributed by atoms with van der Waals surface area (Å²) < 4.78 is 1.11. The van der Waals surface area contributed by atoms with Crippen molar-refractivity contribution >= 4 is 33.1 Å². The SMILES string of the molecule is Cc1nc2ccc(NC(=O)CC(C)(C)C)cc2s1. The fourth-order valence-corrected chi connectivity index (χ4v) is 2.67. The van der Waals surface area contributed by atoms with E-state index in [2.05, 4.69) is 31.1 Å². The molecule has 96 valence electrons. The first kappa shape index (κ1) is 13.0. The monoisotopic (exact) mass is 262 g/mol. The Labute approximate surface area is 111 Å². The van der Waals surface area contributed by atoms with Crippen LogP contribution in [-0.4, -0.2) is 10.9 Å². The van der Waals surface area contributed by atoms with Gasteiger partial charge in [0.25, 0.3) is 0 Å². The lowest BCUT2D eigenvalue weighted by atomic mass is 9.92. The van der Waals surface area contributed by atoms with Gasteiger partial charge in [0.1, 0.15) is 0 Å². The van der Waals surface area contributed by atoms with Gasteiger partial charge in [-0.1, -0.05) is 20.8 Å². The minimum atomic E-state index is 0.00919. The molecule has 1 N–H and O–H groups in total. The summed E-state index contributed by atoms with van der Waals surface area (Å²) in [6.45, 7) is 8.16. The number of anilines is 1. The van der Waals surface area contributed by atoms with Crippen LogP contribution in [0, 0.1) is 12.3 Å². The fourth-order valence-electron chi connectivity index (χ4n) is 1.80. The third-order valence-corrected chi connectivity index (χ3v) is 3.40. The van der Waals surface area contributed by atoms with Crippen molar-refractivity contribution in [1.29, 1.82) is 0 Å². The quantitative estimate of drug-likeness (QED) is 0.889. The average molecular weight is 262 g/mol. The Morgan fingerprint density at radius 2 is 2.11 bits per heavy atom. The first-order chi connectivity index (χ1) is 8.33. The van der Waals surface area contributed by atoms with Crippen molar-refractivity contribution in [2.45, 2.75) is 34.1 Å². The highest BCUT2D eigenvalue weighted by atomic mass is 32.1. The van der Waals surface area contributed by atoms with E-state index in [4.69, 9.17) is 0 Å². The second-order valence-electron chi connectivity index (χ2n) is 5.70. The number of aromatic nitrogens is 1. The minimum absolute atomic E-state index is 0.00919. The number of carbonyl (C=O) groups is 1. The van der Waals surface area contributed by atoms with Crippen LogP contribution >= 0.6 is 11.3 Å². The number of rotatable bonds is 2. The van der Waals surface area contributed by atoms with Crippen LogP contribution in [0.1, 0.15) is 32.2 Å². The molecule has 0 unspecified atom stereocenters. The molecule has 18 heavy (non-hydrogen) atoms. The van der Waals surface area contributed by atoms with Gasteiger partial charge in [-0.3, -0.25) is 4.79 Å². The number of hydrogen-bond donors (Lipinski definition) is 1. The van der Waals surface area contributed by atoms with Gasteiger partial charge in [-0.2, -0.15) is 0 Å². The van der Waals surface area contributed by atoms with Crippen molar-refractivity contribution in [2.24, 2.45) is 5.41 Å². The molecule has 0 fully saturated rings. The van der Waals surface area contributed by atoms with E-state index >= 15 is 0 Å². The lowest BCUT2D eigenvalue weighted by Gasteiger charge is -2.17. The molecule has 0 spiro atoms. The predicted octanol–water partition coefficient (Wildman–Crippen LogP) is 3.98. The molecule has 0 aliphatic carbocycles. The second kappa shape index (κ2) is 4.69. The van der Waals surface area contributed by atoms with Crippen LogP contribution in [0.4, 0.5) is 5.69 Å². The highest BCUT2D eigenvalue weighted by Gasteiger charge is 2.16. The zero-order chi connectivity index (χ0) is 13.3. The molecule has 0 bridgehead atoms. The minimum Gasteiger partial charge on any atom is -0.326 e. The largest absolute Gasteiger partial charge is 0.326 e. The van der Waals surface area contributed by atoms with Crippen molar-refractivity contribution in [3.05, 3.63) is 23.2 Å². The smallest absolute Gasteiger partial charge is 0.224 e. The molecule has 1 amide bonds. The lowest BCUT2D eigenvalue weighted by Crippen LogP contribution is -2.19. The van der Waals surface area contributed by atoms with Crippen LogP contribution in [0.3, 0.4) is 0 Å². The molecule has 1 heterocycles. The molecule has 0 radical (unpaired) electrons. The third-order valence-electron chi connectivity index (χ3n) is 2.47. The van der Waals surface area contributed by atoms with E-state index in [1.807, 2.05) is 25.1 Å². The van der Waals surface area contributed by atoms with Crippen molar-refractivity contribution in [3.8, 4) is 0 Å². The Morgan fingerprint density at radius 1 is 1.39 bits per heavy atom. The second-order valence-corrected chi connectivity index (χ2v) is 6.94. The van der Waals surface area contributed by atoms with Gasteiger partial charge in [-0.05, 0) is 30.5 Å². The zero-order valence-corrected chi connectivity index (χ0v) is 12.0. The summed E-state index contributed by atoms with van der Waals surface area (Å²) >= 11 is 1.64. The van der Waals surface area contributed by atoms with Crippen LogP contribution in [0.25, 0.3) is 10.2 Å². The molecule has 1 aromatic heterocycles. The van der Waals surface area contributed by atoms with Gasteiger partial charge in [-0.25, -0.2) is 4.98 Å². The Balaban J connectivity index is 2.14. The van der Waals surface area contributed by atoms with Crippen LogP contribution < -0.4 is 5.32 Å². The maximum atomic E-state index is 11.8. The van der Waals surface area contributed by atoms with E-state index in [0.717, 1.165) is 20.9 Å². The summed E-state index contributed by atoms with van der Waals surface area (Å²) in [5.41, 5.74) is 1.85. The summed E-state index contributed by atoms with van der Waals surface area (Å²) in [5, 5.41) is 3.98. The van der Waals surface area contributed by atoms with E-state index in [1.54, 1.807) is 11.3 Å². The van der Waals surface area contributed by atoms with Crippen LogP contribution in [0.15, 0.2) is 18.2 Å². The first-order valence-electron chi connectivity index (χ1n) is 6.00. The maximum absolute atomic E-state index is 11.8. The number of hydrogen-bond acceptors (Lipinski definition) is 3. The van der Waals surface area contributed by atoms with Gasteiger partial charge >= 0.3 is 0 Å². The average Bonchev–Trinajstić information content (AvgIpc) is 2.53. The molecule has 3 nitrogen and oxygen atoms in total. The third kappa shape index (κ3) is 3.29. The standard InChI is InChI=1S/C14H18N2OS/c1-9-15-11-6-5-10(7-12(11)18-9)16-13(17)8-14(2,3)4/h5-7H,8H2,1-4H3,(H,16,17). The van der Waals surface area contributed by atoms with Crippen LogP contribution in [-0.2, 0) is 4.79 Å². The molecule has 2 aromatic rings. The fraction of sp³-hybridized carbons (Fsp3) is 0.429. The number of benzene rings is 1. The lowest BCUT2D eigenvalue weighted by molar-refractivity contribution is -0.117. The Morgan fingerprint density at radius 3 is 2.78 bits per heavy atom. The van der Waals surface area contributed by atoms with E-state index in [9.17, 15) is 4.79 Å². The zero-order valence-electron chi connectivity index (χ0n) is 11.2. The van der Waals surface area contributed by atoms with E-state index < -0.39 is 0 Å². The molecule has 0 saturated heterocycles. The topological polar surface area (TPSA) is 42.0 Å². The number of nitrogens with one attached hydrogen (secondary N) is 1. The van der Waals surface area contributed by atoms with E-state index in [0.29, 0.717) is 6.42 Å². The number of aryl methyl sites for hydroxylation is 1. The van der Waals surface area contributed by atoms with Crippen molar-refractivity contribution in [1.82, 2.24) is 4.98 Å². The summed E-state index contributed by atoms with van der Waals surface area (Å²) in [7, 11) is 0. The Kier molecular flexibility index (Phi) is 3.39. The Bertz CT molecular complexity index is 581. The van der Waals surface area contributed by atoms with Gasteiger partial charge in [-0.15, -0.1) is 11.3 Å². The molecule has 4 heteroatoms. The van der Waals surface area contributed by atoms with Crippen molar-refractivity contribution < 1.29 is 4.79 Å². The van der Waals surface area contributed by atoms with Gasteiger partial charge in [0, 0.05) is 12.1 Å². The number of nitrogens with zero attached hydrogens (tertiary/aromatic N) is 1. The normalized spacial score (nSPS) is 11.8. The number of thiazole rings is 1. The highest BCUT2D eigenvalue weighted by Crippen LogP contribution is 2.25. The molecule has 0 aliphatic heterocycles. The summed E-state index contributed by atoms with van der Waals surface area (Å²) in [4.78, 5) is 16.2. The predicted molar refractivity (Wildman–Crippen MR) is 77.1 cm³/mol. The summed E-state index contributed by atoms with van der Waals surface area (Å²) in [5.74, 6) is 0.0584. The molecular formula is C14H18N2OS. The van der Waals surface area contributed by atoms with Gasteiger partial charge in [0.05, 0.1) is 15.2 Å². The molecule has 2 rings (SSSR count). The molecule has 1 aromatic carbocycles. The van der Waals surface area contributed by atoms with E-state index in [1.165, 1.54) is 0 Å². The van der Waals surface area contributed by atoms with Crippen molar-refractivity contribution in [2.75, 3.05) is 5.32 Å². The van der Waals surface area contributed by atoms with Crippen LogP contribution in [0.5, 0.6) is 0 Å². The summed E-state index contributed by atoms with van der Waals surface area (Å²) in [6, 6.07) is 5.84. The first-order valence-corrected chi connectivity index (χ1v) is 6.82. The van der Waals surface area contributed by atoms with Crippen LogP contribution in [0.2, 0.25) is 0 Å². The highest BCUT2D eigenvalue weighted by molar-refractivity contribution is 7.18. The van der Waals surface area contributed by atoms with Crippen molar-refractivity contribution in [3.63, 3.8) is 0 Å². The Hall–Kier alpha value is -1.42. The molecule has 0 atom stereocenters. The van der Waals surface area contributed by atoms with Gasteiger partial charge in [0.2, 0.25) is 5.91 Å². The summed E-state index contributed by atoms with van der Waals surface area (Å²) in [6.07, 6.45) is 0.521. The number of fused-ring (bicyclic) bond motifs is 1. The maximum Gasteiger partial charge on any atom is 0.224 e. The molecule has 0 aliphatic rings. The van der Waals surface area contributed by atoms with Gasteiger partial charge in [0.15, 0.2) is 0 Å². The molecular weight excluding hydrogens is 244 g/mol. The van der Waals surface area contributed by atoms with E-state index in [-0.39, 0.29) is 11.3 Å². The molecule has 0 saturated carbocycles. The van der Waals surface area contributed by atoms with Gasteiger partial charge < -0.3 is 5.32 Å².